The largest absolute Gasteiger partial charge is 0.444 e. The second-order valence-corrected chi connectivity index (χ2v) is 6.88. The van der Waals surface area contributed by atoms with E-state index in [0.29, 0.717) is 0 Å². The first-order valence-electron chi connectivity index (χ1n) is 8.30. The lowest BCUT2D eigenvalue weighted by Crippen LogP contribution is -2.43. The standard InChI is InChI=1S/C20H27NO3/c1-6-15(2)18(21-19(23)24-20(3,4)5)14-17(22)13-12-16-10-8-7-9-11-16/h7-11,15,18H,6,14H2,1-5H3,(H,21,23)/t15?,18-/m1/s1. The predicted molar refractivity (Wildman–Crippen MR) is 95.6 cm³/mol. The highest BCUT2D eigenvalue weighted by atomic mass is 16.6. The number of carbonyl (C=O) groups excluding carboxylic acids is 2. The Balaban J connectivity index is 2.71. The Morgan fingerprint density at radius 2 is 1.83 bits per heavy atom. The maximum absolute atomic E-state index is 12.1. The molecule has 4 heteroatoms. The molecule has 24 heavy (non-hydrogen) atoms. The van der Waals surface area contributed by atoms with E-state index in [1.54, 1.807) is 20.8 Å². The fourth-order valence-electron chi connectivity index (χ4n) is 2.05. The summed E-state index contributed by atoms with van der Waals surface area (Å²) in [5, 5.41) is 2.80. The highest BCUT2D eigenvalue weighted by Gasteiger charge is 2.24. The summed E-state index contributed by atoms with van der Waals surface area (Å²) in [7, 11) is 0. The molecule has 0 aliphatic heterocycles. The van der Waals surface area contributed by atoms with Crippen molar-refractivity contribution in [2.45, 2.75) is 59.1 Å². The molecule has 1 N–H and O–H groups in total. The van der Waals surface area contributed by atoms with Crippen LogP contribution in [0.3, 0.4) is 0 Å². The predicted octanol–water partition coefficient (Wildman–Crippen LogP) is 3.94. The number of carbonyl (C=O) groups is 2. The van der Waals surface area contributed by atoms with E-state index in [4.69, 9.17) is 4.74 Å². The molecule has 0 saturated heterocycles. The molecular weight excluding hydrogens is 302 g/mol. The van der Waals surface area contributed by atoms with Crippen LogP contribution < -0.4 is 5.32 Å². The first-order valence-corrected chi connectivity index (χ1v) is 8.30. The van der Waals surface area contributed by atoms with E-state index in [-0.39, 0.29) is 24.2 Å². The molecule has 1 amide bonds. The van der Waals surface area contributed by atoms with E-state index in [1.165, 1.54) is 0 Å². The smallest absolute Gasteiger partial charge is 0.407 e. The van der Waals surface area contributed by atoms with Crippen LogP contribution in [-0.4, -0.2) is 23.5 Å². The molecule has 4 nitrogen and oxygen atoms in total. The lowest BCUT2D eigenvalue weighted by molar-refractivity contribution is -0.114. The fourth-order valence-corrected chi connectivity index (χ4v) is 2.05. The van der Waals surface area contributed by atoms with Gasteiger partial charge in [0, 0.05) is 18.0 Å². The Kier molecular flexibility index (Phi) is 7.51. The maximum Gasteiger partial charge on any atom is 0.407 e. The van der Waals surface area contributed by atoms with E-state index >= 15 is 0 Å². The minimum atomic E-state index is -0.568. The van der Waals surface area contributed by atoms with Crippen LogP contribution in [0.4, 0.5) is 4.79 Å². The third-order valence-electron chi connectivity index (χ3n) is 3.56. The minimum absolute atomic E-state index is 0.153. The van der Waals surface area contributed by atoms with Gasteiger partial charge in [0.05, 0.1) is 0 Å². The molecule has 1 rings (SSSR count). The summed E-state index contributed by atoms with van der Waals surface area (Å²) in [5.74, 6) is 5.46. The first-order chi connectivity index (χ1) is 11.2. The summed E-state index contributed by atoms with van der Waals surface area (Å²) in [5.41, 5.74) is 0.229. The van der Waals surface area contributed by atoms with Crippen LogP contribution in [0.2, 0.25) is 0 Å². The maximum atomic E-state index is 12.1. The minimum Gasteiger partial charge on any atom is -0.444 e. The highest BCUT2D eigenvalue weighted by molar-refractivity contribution is 5.96. The molecule has 1 aromatic carbocycles. The van der Waals surface area contributed by atoms with E-state index in [0.717, 1.165) is 12.0 Å². The number of ether oxygens (including phenoxy) is 1. The fraction of sp³-hybridized carbons (Fsp3) is 0.500. The summed E-state index contributed by atoms with van der Waals surface area (Å²) in [6.07, 6.45) is 0.519. The van der Waals surface area contributed by atoms with E-state index in [1.807, 2.05) is 44.2 Å². The van der Waals surface area contributed by atoms with Crippen molar-refractivity contribution in [2.24, 2.45) is 5.92 Å². The summed E-state index contributed by atoms with van der Waals surface area (Å²) in [4.78, 5) is 24.1. The van der Waals surface area contributed by atoms with Gasteiger partial charge >= 0.3 is 6.09 Å². The van der Waals surface area contributed by atoms with Crippen molar-refractivity contribution < 1.29 is 14.3 Å². The average Bonchev–Trinajstić information content (AvgIpc) is 2.50. The molecule has 0 bridgehead atoms. The van der Waals surface area contributed by atoms with Gasteiger partial charge in [0.1, 0.15) is 5.60 Å². The lowest BCUT2D eigenvalue weighted by Gasteiger charge is -2.26. The number of benzene rings is 1. The van der Waals surface area contributed by atoms with Gasteiger partial charge in [-0.1, -0.05) is 44.4 Å². The number of Topliss-reactive ketones (excluding diaryl/α,β-unsaturated/α-hetero) is 1. The number of hydrogen-bond acceptors (Lipinski definition) is 3. The molecule has 0 heterocycles. The zero-order chi connectivity index (χ0) is 18.2. The topological polar surface area (TPSA) is 55.4 Å². The Labute approximate surface area is 145 Å². The van der Waals surface area contributed by atoms with E-state index in [9.17, 15) is 9.59 Å². The molecule has 1 unspecified atom stereocenters. The van der Waals surface area contributed by atoms with Crippen LogP contribution in [0, 0.1) is 17.8 Å². The van der Waals surface area contributed by atoms with Crippen LogP contribution in [0.1, 0.15) is 53.0 Å². The number of nitrogens with one attached hydrogen (secondary N) is 1. The van der Waals surface area contributed by atoms with Gasteiger partial charge in [-0.15, -0.1) is 0 Å². The normalized spacial score (nSPS) is 13.2. The highest BCUT2D eigenvalue weighted by Crippen LogP contribution is 2.14. The Morgan fingerprint density at radius 3 is 2.38 bits per heavy atom. The average molecular weight is 329 g/mol. The summed E-state index contributed by atoms with van der Waals surface area (Å²) < 4.78 is 5.28. The molecule has 0 aliphatic carbocycles. The van der Waals surface area contributed by atoms with Crippen molar-refractivity contribution >= 4 is 11.9 Å². The molecule has 1 aromatic rings. The molecule has 0 radical (unpaired) electrons. The number of alkyl carbamates (subject to hydrolysis) is 1. The number of amides is 1. The quantitative estimate of drug-likeness (QED) is 0.833. The van der Waals surface area contributed by atoms with Crippen molar-refractivity contribution in [3.63, 3.8) is 0 Å². The van der Waals surface area contributed by atoms with Gasteiger partial charge in [0.25, 0.3) is 0 Å². The van der Waals surface area contributed by atoms with Crippen LogP contribution in [0.15, 0.2) is 30.3 Å². The zero-order valence-corrected chi connectivity index (χ0v) is 15.2. The van der Waals surface area contributed by atoms with Gasteiger partial charge in [0.2, 0.25) is 5.78 Å². The van der Waals surface area contributed by atoms with E-state index < -0.39 is 11.7 Å². The number of rotatable bonds is 5. The first kappa shape index (κ1) is 19.8. The van der Waals surface area contributed by atoms with Gasteiger partial charge < -0.3 is 10.1 Å². The van der Waals surface area contributed by atoms with Crippen molar-refractivity contribution in [2.75, 3.05) is 0 Å². The number of hydrogen-bond donors (Lipinski definition) is 1. The molecule has 0 saturated carbocycles. The van der Waals surface area contributed by atoms with Crippen LogP contribution in [0.25, 0.3) is 0 Å². The van der Waals surface area contributed by atoms with Gasteiger partial charge in [-0.3, -0.25) is 4.79 Å². The Bertz CT molecular complexity index is 605. The molecule has 0 fully saturated rings. The summed E-state index contributed by atoms with van der Waals surface area (Å²) in [6, 6.07) is 9.07. The van der Waals surface area contributed by atoms with Crippen molar-refractivity contribution in [1.29, 1.82) is 0 Å². The Morgan fingerprint density at radius 1 is 1.21 bits per heavy atom. The molecule has 0 spiro atoms. The van der Waals surface area contributed by atoms with Gasteiger partial charge in [-0.05, 0) is 44.7 Å². The van der Waals surface area contributed by atoms with Crippen molar-refractivity contribution in [1.82, 2.24) is 5.32 Å². The van der Waals surface area contributed by atoms with Crippen LogP contribution >= 0.6 is 0 Å². The van der Waals surface area contributed by atoms with Crippen molar-refractivity contribution in [3.8, 4) is 11.8 Å². The third-order valence-corrected chi connectivity index (χ3v) is 3.56. The zero-order valence-electron chi connectivity index (χ0n) is 15.2. The summed E-state index contributed by atoms with van der Waals surface area (Å²) >= 11 is 0. The SMILES string of the molecule is CCC(C)[C@@H](CC(=O)C#Cc1ccccc1)NC(=O)OC(C)(C)C. The van der Waals surface area contributed by atoms with Gasteiger partial charge in [-0.25, -0.2) is 4.79 Å². The van der Waals surface area contributed by atoms with E-state index in [2.05, 4.69) is 17.2 Å². The molecular formula is C20H27NO3. The lowest BCUT2D eigenvalue weighted by atomic mass is 9.94. The number of ketones is 1. The van der Waals surface area contributed by atoms with Gasteiger partial charge in [-0.2, -0.15) is 0 Å². The molecule has 2 atom stereocenters. The van der Waals surface area contributed by atoms with Crippen LogP contribution in [0.5, 0.6) is 0 Å². The third kappa shape index (κ3) is 7.82. The van der Waals surface area contributed by atoms with Crippen molar-refractivity contribution in [3.05, 3.63) is 35.9 Å². The second-order valence-electron chi connectivity index (χ2n) is 6.88. The Hall–Kier alpha value is -2.28. The molecule has 0 aromatic heterocycles. The monoisotopic (exact) mass is 329 g/mol. The molecule has 130 valence electrons. The van der Waals surface area contributed by atoms with Crippen LogP contribution in [-0.2, 0) is 9.53 Å². The summed E-state index contributed by atoms with van der Waals surface area (Å²) in [6.45, 7) is 9.44. The molecule has 0 aliphatic rings. The van der Waals surface area contributed by atoms with Gasteiger partial charge in [0.15, 0.2) is 0 Å². The second kappa shape index (κ2) is 9.12.